The zero-order valence-corrected chi connectivity index (χ0v) is 11.8. The van der Waals surface area contributed by atoms with Crippen LogP contribution in [0.5, 0.6) is 5.75 Å². The Labute approximate surface area is 123 Å². The monoisotopic (exact) mass is 286 g/mol. The topological polar surface area (TPSA) is 92.8 Å². The van der Waals surface area contributed by atoms with Crippen LogP contribution in [-0.4, -0.2) is 23.1 Å². The fourth-order valence-electron chi connectivity index (χ4n) is 1.98. The van der Waals surface area contributed by atoms with Gasteiger partial charge in [-0.3, -0.25) is 4.98 Å². The summed E-state index contributed by atoms with van der Waals surface area (Å²) in [6.07, 6.45) is 3.52. The fraction of sp³-hybridized carbons (Fsp3) is 0.200. The molecule has 0 atom stereocenters. The zero-order chi connectivity index (χ0) is 15.1. The first-order chi connectivity index (χ1) is 10.2. The van der Waals surface area contributed by atoms with Gasteiger partial charge in [0.15, 0.2) is 5.84 Å². The van der Waals surface area contributed by atoms with Crippen molar-refractivity contribution < 1.29 is 9.94 Å². The maximum atomic E-state index is 8.74. The second-order valence-electron chi connectivity index (χ2n) is 4.47. The first kappa shape index (κ1) is 14.8. The average Bonchev–Trinajstić information content (AvgIpc) is 2.55. The Hall–Kier alpha value is -2.60. The molecule has 21 heavy (non-hydrogen) atoms. The molecule has 1 aromatic heterocycles. The molecule has 1 heterocycles. The van der Waals surface area contributed by atoms with Gasteiger partial charge in [0, 0.05) is 36.6 Å². The molecule has 6 heteroatoms. The summed E-state index contributed by atoms with van der Waals surface area (Å²) in [4.78, 5) is 3.98. The van der Waals surface area contributed by atoms with Gasteiger partial charge in [-0.1, -0.05) is 5.16 Å². The second kappa shape index (κ2) is 7.25. The zero-order valence-electron chi connectivity index (χ0n) is 11.8. The maximum absolute atomic E-state index is 8.74. The number of amidine groups is 1. The van der Waals surface area contributed by atoms with Gasteiger partial charge in [0.05, 0.1) is 7.11 Å². The van der Waals surface area contributed by atoms with Gasteiger partial charge < -0.3 is 21.0 Å². The highest BCUT2D eigenvalue weighted by molar-refractivity contribution is 5.97. The lowest BCUT2D eigenvalue weighted by Gasteiger charge is -2.11. The van der Waals surface area contributed by atoms with Gasteiger partial charge in [0.2, 0.25) is 0 Å². The molecular formula is C15H18N4O2. The minimum atomic E-state index is 0.0769. The van der Waals surface area contributed by atoms with Crippen LogP contribution in [0, 0.1) is 0 Å². The first-order valence-corrected chi connectivity index (χ1v) is 6.49. The molecular weight excluding hydrogens is 268 g/mol. The number of benzene rings is 1. The van der Waals surface area contributed by atoms with Crippen LogP contribution in [0.1, 0.15) is 16.7 Å². The summed E-state index contributed by atoms with van der Waals surface area (Å²) in [5, 5.41) is 15.1. The summed E-state index contributed by atoms with van der Waals surface area (Å²) in [5.74, 6) is 0.833. The van der Waals surface area contributed by atoms with Crippen LogP contribution in [0.25, 0.3) is 0 Å². The third-order valence-corrected chi connectivity index (χ3v) is 3.08. The number of hydrogen-bond donors (Lipinski definition) is 3. The maximum Gasteiger partial charge on any atom is 0.170 e. The van der Waals surface area contributed by atoms with E-state index in [0.717, 1.165) is 23.4 Å². The number of nitrogens with one attached hydrogen (secondary N) is 1. The second-order valence-corrected chi connectivity index (χ2v) is 4.47. The number of methoxy groups -OCH3 is 1. The third kappa shape index (κ3) is 3.93. The van der Waals surface area contributed by atoms with E-state index in [2.05, 4.69) is 15.5 Å². The minimum Gasteiger partial charge on any atom is -0.496 e. The molecule has 0 radical (unpaired) electrons. The first-order valence-electron chi connectivity index (χ1n) is 6.49. The number of pyridine rings is 1. The Morgan fingerprint density at radius 1 is 1.29 bits per heavy atom. The van der Waals surface area contributed by atoms with E-state index >= 15 is 0 Å². The lowest BCUT2D eigenvalue weighted by molar-refractivity contribution is 0.318. The standard InChI is InChI=1S/C15H18N4O2/c1-21-14-3-2-12(15(16)19-20)8-13(14)10-18-9-11-4-6-17-7-5-11/h2-8,18,20H,9-10H2,1H3,(H2,16,19). The molecule has 0 amide bonds. The van der Waals surface area contributed by atoms with Crippen molar-refractivity contribution in [3.63, 3.8) is 0 Å². The van der Waals surface area contributed by atoms with Crippen molar-refractivity contribution in [2.75, 3.05) is 7.11 Å². The van der Waals surface area contributed by atoms with Crippen LogP contribution in [0.4, 0.5) is 0 Å². The molecule has 2 aromatic rings. The van der Waals surface area contributed by atoms with Gasteiger partial charge in [-0.2, -0.15) is 0 Å². The normalized spacial score (nSPS) is 11.4. The molecule has 4 N–H and O–H groups in total. The van der Waals surface area contributed by atoms with Crippen LogP contribution in [-0.2, 0) is 13.1 Å². The van der Waals surface area contributed by atoms with Crippen molar-refractivity contribution in [1.29, 1.82) is 0 Å². The van der Waals surface area contributed by atoms with Crippen molar-refractivity contribution in [2.45, 2.75) is 13.1 Å². The SMILES string of the molecule is COc1ccc(/C(N)=N/O)cc1CNCc1ccncc1. The fourth-order valence-corrected chi connectivity index (χ4v) is 1.98. The largest absolute Gasteiger partial charge is 0.496 e. The van der Waals surface area contributed by atoms with Crippen molar-refractivity contribution in [3.05, 3.63) is 59.4 Å². The van der Waals surface area contributed by atoms with E-state index in [9.17, 15) is 0 Å². The van der Waals surface area contributed by atoms with Gasteiger partial charge in [0.25, 0.3) is 0 Å². The Balaban J connectivity index is 2.07. The van der Waals surface area contributed by atoms with Gasteiger partial charge >= 0.3 is 0 Å². The van der Waals surface area contributed by atoms with E-state index in [0.29, 0.717) is 12.1 Å². The van der Waals surface area contributed by atoms with E-state index in [-0.39, 0.29) is 5.84 Å². The lowest BCUT2D eigenvalue weighted by atomic mass is 10.1. The number of nitrogens with zero attached hydrogens (tertiary/aromatic N) is 2. The molecule has 1 aromatic carbocycles. The summed E-state index contributed by atoms with van der Waals surface area (Å²) in [5.41, 5.74) is 8.35. The molecule has 0 saturated heterocycles. The molecule has 110 valence electrons. The molecule has 0 unspecified atom stereocenters. The third-order valence-electron chi connectivity index (χ3n) is 3.08. The predicted octanol–water partition coefficient (Wildman–Crippen LogP) is 1.47. The van der Waals surface area contributed by atoms with E-state index in [1.807, 2.05) is 18.2 Å². The number of nitrogens with two attached hydrogens (primary N) is 1. The Morgan fingerprint density at radius 3 is 2.71 bits per heavy atom. The molecule has 0 saturated carbocycles. The van der Waals surface area contributed by atoms with Gasteiger partial charge in [-0.05, 0) is 35.9 Å². The van der Waals surface area contributed by atoms with Crippen LogP contribution in [0.3, 0.4) is 0 Å². The average molecular weight is 286 g/mol. The van der Waals surface area contributed by atoms with Gasteiger partial charge in [-0.25, -0.2) is 0 Å². The van der Waals surface area contributed by atoms with E-state index in [1.54, 1.807) is 31.6 Å². The van der Waals surface area contributed by atoms with E-state index in [1.165, 1.54) is 0 Å². The minimum absolute atomic E-state index is 0.0769. The Morgan fingerprint density at radius 2 is 2.05 bits per heavy atom. The Bertz CT molecular complexity index is 614. The molecule has 0 bridgehead atoms. The van der Waals surface area contributed by atoms with Crippen LogP contribution in [0.2, 0.25) is 0 Å². The predicted molar refractivity (Wildman–Crippen MR) is 80.3 cm³/mol. The molecule has 0 aliphatic heterocycles. The number of aromatic nitrogens is 1. The number of rotatable bonds is 6. The van der Waals surface area contributed by atoms with Crippen molar-refractivity contribution in [1.82, 2.24) is 10.3 Å². The van der Waals surface area contributed by atoms with Gasteiger partial charge in [0.1, 0.15) is 5.75 Å². The highest BCUT2D eigenvalue weighted by atomic mass is 16.5. The molecule has 0 fully saturated rings. The molecule has 2 rings (SSSR count). The van der Waals surface area contributed by atoms with Crippen LogP contribution < -0.4 is 15.8 Å². The summed E-state index contributed by atoms with van der Waals surface area (Å²) in [6, 6.07) is 9.30. The lowest BCUT2D eigenvalue weighted by Crippen LogP contribution is -2.16. The molecule has 0 aliphatic carbocycles. The molecule has 0 spiro atoms. The molecule has 0 aliphatic rings. The van der Waals surface area contributed by atoms with Crippen molar-refractivity contribution in [2.24, 2.45) is 10.9 Å². The van der Waals surface area contributed by atoms with Crippen LogP contribution in [0.15, 0.2) is 47.9 Å². The van der Waals surface area contributed by atoms with E-state index < -0.39 is 0 Å². The van der Waals surface area contributed by atoms with Gasteiger partial charge in [-0.15, -0.1) is 0 Å². The number of ether oxygens (including phenoxy) is 1. The smallest absolute Gasteiger partial charge is 0.170 e. The van der Waals surface area contributed by atoms with Crippen LogP contribution >= 0.6 is 0 Å². The highest BCUT2D eigenvalue weighted by Gasteiger charge is 2.07. The Kier molecular flexibility index (Phi) is 5.11. The van der Waals surface area contributed by atoms with E-state index in [4.69, 9.17) is 15.7 Å². The number of hydrogen-bond acceptors (Lipinski definition) is 5. The van der Waals surface area contributed by atoms with Crippen molar-refractivity contribution >= 4 is 5.84 Å². The summed E-state index contributed by atoms with van der Waals surface area (Å²) in [7, 11) is 1.62. The highest BCUT2D eigenvalue weighted by Crippen LogP contribution is 2.19. The quantitative estimate of drug-likeness (QED) is 0.324. The summed E-state index contributed by atoms with van der Waals surface area (Å²) >= 11 is 0. The van der Waals surface area contributed by atoms with Crippen molar-refractivity contribution in [3.8, 4) is 5.75 Å². The summed E-state index contributed by atoms with van der Waals surface area (Å²) in [6.45, 7) is 1.33. The molecule has 6 nitrogen and oxygen atoms in total. The summed E-state index contributed by atoms with van der Waals surface area (Å²) < 4.78 is 5.32. The number of oxime groups is 1.